The van der Waals surface area contributed by atoms with Gasteiger partial charge in [-0.05, 0) is 12.1 Å². The topological polar surface area (TPSA) is 20.3 Å². The SMILES string of the molecule is C[N+]1(Cc2ccc(F)cc2)CCN(/C=C/C(=O)C(F)(F)F)CC1.[Cl-]. The zero-order chi connectivity index (χ0) is 17.1. The van der Waals surface area contributed by atoms with Crippen molar-refractivity contribution in [2.45, 2.75) is 12.7 Å². The van der Waals surface area contributed by atoms with E-state index in [1.807, 2.05) is 0 Å². The smallest absolute Gasteiger partial charge is 0.454 e. The van der Waals surface area contributed by atoms with E-state index in [2.05, 4.69) is 7.05 Å². The fraction of sp³-hybridized carbons (Fsp3) is 0.438. The van der Waals surface area contributed by atoms with Crippen LogP contribution in [0.15, 0.2) is 36.5 Å². The largest absolute Gasteiger partial charge is 1.00 e. The first kappa shape index (κ1) is 20.4. The molecule has 24 heavy (non-hydrogen) atoms. The first-order valence-electron chi connectivity index (χ1n) is 7.29. The normalized spacial score (nSPS) is 17.6. The van der Waals surface area contributed by atoms with Crippen LogP contribution >= 0.6 is 0 Å². The Bertz CT molecular complexity index is 579. The Labute approximate surface area is 144 Å². The van der Waals surface area contributed by atoms with E-state index in [9.17, 15) is 22.4 Å². The third kappa shape index (κ3) is 5.79. The summed E-state index contributed by atoms with van der Waals surface area (Å²) in [6, 6.07) is 6.33. The molecule has 0 aromatic heterocycles. The lowest BCUT2D eigenvalue weighted by molar-refractivity contribution is -0.926. The molecule has 0 spiro atoms. The molecular weight excluding hydrogens is 348 g/mol. The van der Waals surface area contributed by atoms with Crippen LogP contribution in [0.2, 0.25) is 0 Å². The van der Waals surface area contributed by atoms with Crippen LogP contribution in [0.1, 0.15) is 5.56 Å². The second kappa shape index (κ2) is 7.98. The molecule has 1 fully saturated rings. The van der Waals surface area contributed by atoms with Crippen molar-refractivity contribution in [2.75, 3.05) is 33.2 Å². The van der Waals surface area contributed by atoms with Crippen molar-refractivity contribution in [3.05, 3.63) is 47.9 Å². The van der Waals surface area contributed by atoms with Crippen LogP contribution in [-0.4, -0.2) is 54.6 Å². The molecule has 0 radical (unpaired) electrons. The van der Waals surface area contributed by atoms with Crippen LogP contribution in [0.25, 0.3) is 0 Å². The Morgan fingerprint density at radius 1 is 1.21 bits per heavy atom. The standard InChI is InChI=1S/C16H19F4N2O.ClH/c1-22(12-13-2-4-14(17)5-3-13)10-8-21(9-11-22)7-6-15(23)16(18,19)20;/h2-7H,8-12H2,1H3;1H/q+1;/p-1/b7-6+;. The first-order chi connectivity index (χ1) is 10.7. The molecular formula is C16H19ClF4N2O. The Kier molecular flexibility index (Phi) is 6.80. The van der Waals surface area contributed by atoms with Gasteiger partial charge in [0.25, 0.3) is 5.78 Å². The maximum Gasteiger partial charge on any atom is 0.454 e. The maximum absolute atomic E-state index is 12.9. The number of carbonyl (C=O) groups excluding carboxylic acids is 1. The van der Waals surface area contributed by atoms with Crippen molar-refractivity contribution in [1.82, 2.24) is 4.90 Å². The molecule has 8 heteroatoms. The third-order valence-electron chi connectivity index (χ3n) is 4.05. The van der Waals surface area contributed by atoms with Crippen LogP contribution < -0.4 is 12.4 Å². The molecule has 1 aromatic rings. The molecule has 0 bridgehead atoms. The van der Waals surface area contributed by atoms with Crippen LogP contribution in [-0.2, 0) is 11.3 Å². The van der Waals surface area contributed by atoms with Crippen molar-refractivity contribution < 1.29 is 39.2 Å². The molecule has 0 amide bonds. The van der Waals surface area contributed by atoms with Gasteiger partial charge in [0.1, 0.15) is 12.4 Å². The number of allylic oxidation sites excluding steroid dienone is 1. The fourth-order valence-electron chi connectivity index (χ4n) is 2.57. The maximum atomic E-state index is 12.9. The van der Waals surface area contributed by atoms with Gasteiger partial charge in [0, 0.05) is 17.8 Å². The highest BCUT2D eigenvalue weighted by Gasteiger charge is 2.36. The summed E-state index contributed by atoms with van der Waals surface area (Å²) in [4.78, 5) is 12.5. The second-order valence-electron chi connectivity index (χ2n) is 6.07. The number of hydrogen-bond donors (Lipinski definition) is 0. The van der Waals surface area contributed by atoms with Crippen molar-refractivity contribution in [3.63, 3.8) is 0 Å². The van der Waals surface area contributed by atoms with E-state index < -0.39 is 12.0 Å². The minimum absolute atomic E-state index is 0. The molecule has 134 valence electrons. The van der Waals surface area contributed by atoms with Gasteiger partial charge in [0.2, 0.25) is 0 Å². The number of nitrogens with zero attached hydrogens (tertiary/aromatic N) is 2. The van der Waals surface area contributed by atoms with Gasteiger partial charge in [-0.2, -0.15) is 13.2 Å². The first-order valence-corrected chi connectivity index (χ1v) is 7.29. The summed E-state index contributed by atoms with van der Waals surface area (Å²) in [6.07, 6.45) is -3.02. The number of piperazine rings is 1. The van der Waals surface area contributed by atoms with Crippen LogP contribution in [0.5, 0.6) is 0 Å². The average Bonchev–Trinajstić information content (AvgIpc) is 2.48. The van der Waals surface area contributed by atoms with Gasteiger partial charge in [-0.25, -0.2) is 4.39 Å². The lowest BCUT2D eigenvalue weighted by Gasteiger charge is -2.41. The lowest BCUT2D eigenvalue weighted by atomic mass is 10.1. The lowest BCUT2D eigenvalue weighted by Crippen LogP contribution is -3.00. The number of benzene rings is 1. The van der Waals surface area contributed by atoms with Gasteiger partial charge in [0.05, 0.1) is 33.2 Å². The predicted molar refractivity (Wildman–Crippen MR) is 77.8 cm³/mol. The summed E-state index contributed by atoms with van der Waals surface area (Å²) in [6.45, 7) is 3.35. The van der Waals surface area contributed by atoms with E-state index >= 15 is 0 Å². The average molecular weight is 367 g/mol. The molecule has 1 heterocycles. The summed E-state index contributed by atoms with van der Waals surface area (Å²) in [5.74, 6) is -2.12. The number of quaternary nitrogens is 1. The number of ketones is 1. The Morgan fingerprint density at radius 3 is 2.25 bits per heavy atom. The summed E-state index contributed by atoms with van der Waals surface area (Å²) < 4.78 is 50.1. The second-order valence-corrected chi connectivity index (χ2v) is 6.07. The molecule has 3 nitrogen and oxygen atoms in total. The molecule has 0 unspecified atom stereocenters. The zero-order valence-electron chi connectivity index (χ0n) is 13.2. The minimum Gasteiger partial charge on any atom is -1.00 e. The van der Waals surface area contributed by atoms with Gasteiger partial charge in [-0.15, -0.1) is 0 Å². The highest BCUT2D eigenvalue weighted by molar-refractivity contribution is 5.94. The highest BCUT2D eigenvalue weighted by Crippen LogP contribution is 2.18. The van der Waals surface area contributed by atoms with Crippen LogP contribution in [0.4, 0.5) is 17.6 Å². The number of rotatable bonds is 4. The molecule has 0 saturated carbocycles. The molecule has 0 atom stereocenters. The van der Waals surface area contributed by atoms with Crippen LogP contribution in [0, 0.1) is 5.82 Å². The Balaban J connectivity index is 0.00000288. The molecule has 0 N–H and O–H groups in total. The van der Waals surface area contributed by atoms with E-state index in [0.717, 1.165) is 29.7 Å². The van der Waals surface area contributed by atoms with E-state index in [1.165, 1.54) is 18.3 Å². The molecule has 0 aliphatic carbocycles. The van der Waals surface area contributed by atoms with E-state index in [4.69, 9.17) is 0 Å². The molecule has 1 saturated heterocycles. The number of likely N-dealkylation sites (N-methyl/N-ethyl adjacent to an activating group) is 1. The van der Waals surface area contributed by atoms with E-state index in [0.29, 0.717) is 19.2 Å². The number of hydrogen-bond acceptors (Lipinski definition) is 2. The number of carbonyl (C=O) groups is 1. The van der Waals surface area contributed by atoms with Crippen LogP contribution in [0.3, 0.4) is 0 Å². The third-order valence-corrected chi connectivity index (χ3v) is 4.05. The fourth-order valence-corrected chi connectivity index (χ4v) is 2.57. The van der Waals surface area contributed by atoms with Gasteiger partial charge in [-0.1, -0.05) is 12.1 Å². The van der Waals surface area contributed by atoms with Crippen molar-refractivity contribution in [1.29, 1.82) is 0 Å². The summed E-state index contributed by atoms with van der Waals surface area (Å²) >= 11 is 0. The molecule has 1 aliphatic rings. The predicted octanol–water partition coefficient (Wildman–Crippen LogP) is -0.263. The van der Waals surface area contributed by atoms with Crippen molar-refractivity contribution >= 4 is 5.78 Å². The molecule has 1 aliphatic heterocycles. The molecule has 2 rings (SSSR count). The van der Waals surface area contributed by atoms with E-state index in [-0.39, 0.29) is 18.2 Å². The highest BCUT2D eigenvalue weighted by atomic mass is 35.5. The Hall–Kier alpha value is -1.60. The zero-order valence-corrected chi connectivity index (χ0v) is 13.9. The summed E-state index contributed by atoms with van der Waals surface area (Å²) in [5, 5.41) is 0. The monoisotopic (exact) mass is 366 g/mol. The van der Waals surface area contributed by atoms with Crippen molar-refractivity contribution in [3.8, 4) is 0 Å². The summed E-state index contributed by atoms with van der Waals surface area (Å²) in [7, 11) is 2.06. The van der Waals surface area contributed by atoms with Gasteiger partial charge >= 0.3 is 6.18 Å². The number of halogens is 5. The van der Waals surface area contributed by atoms with Gasteiger partial charge in [-0.3, -0.25) is 4.79 Å². The van der Waals surface area contributed by atoms with E-state index in [1.54, 1.807) is 17.0 Å². The van der Waals surface area contributed by atoms with Gasteiger partial charge < -0.3 is 21.8 Å². The van der Waals surface area contributed by atoms with Gasteiger partial charge in [0.15, 0.2) is 0 Å². The van der Waals surface area contributed by atoms with Crippen molar-refractivity contribution in [2.24, 2.45) is 0 Å². The molecule has 1 aromatic carbocycles. The minimum atomic E-state index is -4.82. The summed E-state index contributed by atoms with van der Waals surface area (Å²) in [5.41, 5.74) is 1.02. The quantitative estimate of drug-likeness (QED) is 0.416. The Morgan fingerprint density at radius 2 is 1.75 bits per heavy atom. The number of alkyl halides is 3.